The molecule has 2 aromatic rings. The lowest BCUT2D eigenvalue weighted by atomic mass is 10.2. The number of benzene rings is 1. The average Bonchev–Trinajstić information content (AvgIpc) is 2.70. The molecule has 0 radical (unpaired) electrons. The minimum absolute atomic E-state index is 0.800. The molecule has 0 saturated heterocycles. The van der Waals surface area contributed by atoms with Crippen molar-refractivity contribution in [3.63, 3.8) is 0 Å². The van der Waals surface area contributed by atoms with Gasteiger partial charge < -0.3 is 16.0 Å². The minimum Gasteiger partial charge on any atom is -0.399 e. The van der Waals surface area contributed by atoms with Gasteiger partial charge in [0.25, 0.3) is 0 Å². The Kier molecular flexibility index (Phi) is 2.40. The zero-order valence-electron chi connectivity index (χ0n) is 7.83. The number of aromatic nitrogens is 1. The van der Waals surface area contributed by atoms with Crippen LogP contribution in [0.25, 0.3) is 0 Å². The molecule has 0 amide bonds. The quantitative estimate of drug-likeness (QED) is 0.645. The molecule has 1 aromatic heterocycles. The van der Waals surface area contributed by atoms with Crippen molar-refractivity contribution >= 4 is 11.5 Å². The molecule has 3 heteroatoms. The molecule has 1 heterocycles. The minimum atomic E-state index is 0.800. The number of aromatic amines is 1. The number of H-pyrrole nitrogens is 1. The topological polar surface area (TPSA) is 53.8 Å². The molecule has 3 nitrogen and oxygen atoms in total. The molecule has 4 N–H and O–H groups in total. The van der Waals surface area contributed by atoms with Crippen molar-refractivity contribution in [1.29, 1.82) is 0 Å². The summed E-state index contributed by atoms with van der Waals surface area (Å²) in [6, 6.07) is 11.8. The Balaban J connectivity index is 1.95. The average molecular weight is 187 g/mol. The molecule has 2 rings (SSSR count). The van der Waals surface area contributed by atoms with Crippen LogP contribution in [0.4, 0.5) is 11.5 Å². The summed E-state index contributed by atoms with van der Waals surface area (Å²) in [6.07, 6.45) is 1.89. The summed E-state index contributed by atoms with van der Waals surface area (Å²) < 4.78 is 0. The van der Waals surface area contributed by atoms with Gasteiger partial charge in [0.1, 0.15) is 5.82 Å². The van der Waals surface area contributed by atoms with E-state index in [-0.39, 0.29) is 0 Å². The second-order valence-corrected chi connectivity index (χ2v) is 3.18. The molecule has 0 aliphatic heterocycles. The van der Waals surface area contributed by atoms with Crippen LogP contribution in [0.1, 0.15) is 5.56 Å². The maximum Gasteiger partial charge on any atom is 0.103 e. The molecule has 0 fully saturated rings. The van der Waals surface area contributed by atoms with Crippen molar-refractivity contribution in [2.24, 2.45) is 0 Å². The Hall–Kier alpha value is -1.90. The van der Waals surface area contributed by atoms with Crippen molar-refractivity contribution in [1.82, 2.24) is 4.98 Å². The Morgan fingerprint density at radius 2 is 1.93 bits per heavy atom. The van der Waals surface area contributed by atoms with Crippen molar-refractivity contribution in [2.45, 2.75) is 6.54 Å². The molecule has 0 saturated carbocycles. The monoisotopic (exact) mass is 187 g/mol. The Labute approximate surface area is 83.0 Å². The SMILES string of the molecule is Nc1ccc(CNc2ccc[nH]2)cc1. The molecule has 0 atom stereocenters. The molecule has 0 bridgehead atoms. The number of nitrogens with two attached hydrogens (primary N) is 1. The third-order valence-corrected chi connectivity index (χ3v) is 2.06. The number of rotatable bonds is 3. The van der Waals surface area contributed by atoms with E-state index >= 15 is 0 Å². The highest BCUT2D eigenvalue weighted by atomic mass is 15.0. The van der Waals surface area contributed by atoms with Gasteiger partial charge in [0.05, 0.1) is 0 Å². The third kappa shape index (κ3) is 2.07. The van der Waals surface area contributed by atoms with Crippen molar-refractivity contribution in [3.05, 3.63) is 48.2 Å². The first-order valence-corrected chi connectivity index (χ1v) is 4.56. The van der Waals surface area contributed by atoms with E-state index in [1.165, 1.54) is 5.56 Å². The third-order valence-electron chi connectivity index (χ3n) is 2.06. The van der Waals surface area contributed by atoms with Gasteiger partial charge in [-0.1, -0.05) is 12.1 Å². The van der Waals surface area contributed by atoms with Crippen LogP contribution in [0, 0.1) is 0 Å². The molecule has 1 aromatic carbocycles. The first-order valence-electron chi connectivity index (χ1n) is 4.56. The lowest BCUT2D eigenvalue weighted by Crippen LogP contribution is -1.99. The fourth-order valence-electron chi connectivity index (χ4n) is 1.27. The Morgan fingerprint density at radius 3 is 2.57 bits per heavy atom. The van der Waals surface area contributed by atoms with Crippen LogP contribution < -0.4 is 11.1 Å². The van der Waals surface area contributed by atoms with Gasteiger partial charge in [-0.25, -0.2) is 0 Å². The number of hydrogen-bond acceptors (Lipinski definition) is 2. The lowest BCUT2D eigenvalue weighted by Gasteiger charge is -2.04. The fraction of sp³-hybridized carbons (Fsp3) is 0.0909. The largest absolute Gasteiger partial charge is 0.399 e. The Morgan fingerprint density at radius 1 is 1.14 bits per heavy atom. The van der Waals surface area contributed by atoms with Gasteiger partial charge in [-0.3, -0.25) is 0 Å². The van der Waals surface area contributed by atoms with E-state index in [1.54, 1.807) is 0 Å². The highest BCUT2D eigenvalue weighted by Crippen LogP contribution is 2.08. The zero-order valence-corrected chi connectivity index (χ0v) is 7.83. The summed E-state index contributed by atoms with van der Waals surface area (Å²) in [5.41, 5.74) is 7.61. The first kappa shape index (κ1) is 8.69. The van der Waals surface area contributed by atoms with Crippen LogP contribution >= 0.6 is 0 Å². The van der Waals surface area contributed by atoms with Crippen LogP contribution in [0.2, 0.25) is 0 Å². The van der Waals surface area contributed by atoms with Crippen LogP contribution in [0.3, 0.4) is 0 Å². The zero-order chi connectivity index (χ0) is 9.80. The summed E-state index contributed by atoms with van der Waals surface area (Å²) in [4.78, 5) is 3.08. The standard InChI is InChI=1S/C11H13N3/c12-10-5-3-9(4-6-10)8-14-11-2-1-7-13-11/h1-7,13-14H,8,12H2. The summed E-state index contributed by atoms with van der Waals surface area (Å²) >= 11 is 0. The van der Waals surface area contributed by atoms with Gasteiger partial charge in [0, 0.05) is 18.4 Å². The molecule has 0 spiro atoms. The van der Waals surface area contributed by atoms with Gasteiger partial charge in [-0.2, -0.15) is 0 Å². The maximum absolute atomic E-state index is 5.59. The van der Waals surface area contributed by atoms with Crippen LogP contribution in [0.5, 0.6) is 0 Å². The van der Waals surface area contributed by atoms with Crippen molar-refractivity contribution < 1.29 is 0 Å². The molecule has 0 unspecified atom stereocenters. The summed E-state index contributed by atoms with van der Waals surface area (Å²) in [5.74, 6) is 1.03. The van der Waals surface area contributed by atoms with Crippen LogP contribution in [0.15, 0.2) is 42.6 Å². The second kappa shape index (κ2) is 3.87. The van der Waals surface area contributed by atoms with E-state index in [2.05, 4.69) is 10.3 Å². The van der Waals surface area contributed by atoms with Gasteiger partial charge in [0.15, 0.2) is 0 Å². The normalized spacial score (nSPS) is 10.0. The fourth-order valence-corrected chi connectivity index (χ4v) is 1.27. The van der Waals surface area contributed by atoms with Crippen LogP contribution in [-0.4, -0.2) is 4.98 Å². The summed E-state index contributed by atoms with van der Waals surface area (Å²) in [5, 5.41) is 3.26. The van der Waals surface area contributed by atoms with Gasteiger partial charge in [0.2, 0.25) is 0 Å². The van der Waals surface area contributed by atoms with Crippen LogP contribution in [-0.2, 0) is 6.54 Å². The van der Waals surface area contributed by atoms with E-state index in [1.807, 2.05) is 42.6 Å². The van der Waals surface area contributed by atoms with E-state index < -0.39 is 0 Å². The molecular weight excluding hydrogens is 174 g/mol. The number of hydrogen-bond donors (Lipinski definition) is 3. The molecule has 14 heavy (non-hydrogen) atoms. The van der Waals surface area contributed by atoms with Gasteiger partial charge >= 0.3 is 0 Å². The predicted molar refractivity (Wildman–Crippen MR) is 59.0 cm³/mol. The molecular formula is C11H13N3. The second-order valence-electron chi connectivity index (χ2n) is 3.18. The number of nitrogen functional groups attached to an aromatic ring is 1. The lowest BCUT2D eigenvalue weighted by molar-refractivity contribution is 1.12. The predicted octanol–water partition coefficient (Wildman–Crippen LogP) is 2.21. The van der Waals surface area contributed by atoms with Gasteiger partial charge in [-0.15, -0.1) is 0 Å². The molecule has 0 aliphatic carbocycles. The van der Waals surface area contributed by atoms with E-state index in [9.17, 15) is 0 Å². The highest BCUT2D eigenvalue weighted by molar-refractivity contribution is 5.41. The molecule has 0 aliphatic rings. The summed E-state index contributed by atoms with van der Waals surface area (Å²) in [7, 11) is 0. The van der Waals surface area contributed by atoms with Crippen molar-refractivity contribution in [3.8, 4) is 0 Å². The Bertz CT molecular complexity index is 375. The van der Waals surface area contributed by atoms with E-state index in [0.29, 0.717) is 0 Å². The number of nitrogens with one attached hydrogen (secondary N) is 2. The number of anilines is 2. The van der Waals surface area contributed by atoms with Gasteiger partial charge in [-0.05, 0) is 29.8 Å². The summed E-state index contributed by atoms with van der Waals surface area (Å²) in [6.45, 7) is 0.806. The van der Waals surface area contributed by atoms with E-state index in [0.717, 1.165) is 18.1 Å². The smallest absolute Gasteiger partial charge is 0.103 e. The maximum atomic E-state index is 5.59. The first-order chi connectivity index (χ1) is 6.84. The highest BCUT2D eigenvalue weighted by Gasteiger charge is 1.93. The van der Waals surface area contributed by atoms with E-state index in [4.69, 9.17) is 5.73 Å². The molecule has 72 valence electrons. The van der Waals surface area contributed by atoms with Crippen molar-refractivity contribution in [2.75, 3.05) is 11.1 Å².